The summed E-state index contributed by atoms with van der Waals surface area (Å²) in [4.78, 5) is 62.4. The summed E-state index contributed by atoms with van der Waals surface area (Å²) in [5, 5.41) is 11.3. The summed E-state index contributed by atoms with van der Waals surface area (Å²) in [7, 11) is 4.65. The average Bonchev–Trinajstić information content (AvgIpc) is 3.67. The number of aromatic hydroxyl groups is 1. The zero-order valence-corrected chi connectivity index (χ0v) is 35.7. The minimum atomic E-state index is -1.49. The molecule has 0 aromatic heterocycles. The molecule has 2 aliphatic carbocycles. The van der Waals surface area contributed by atoms with E-state index < -0.39 is 46.8 Å². The maximum Gasteiger partial charge on any atom is 0.246 e. The molecular weight excluding hydrogens is 860 g/mol. The molecule has 9 rings (SSSR count). The fourth-order valence-electron chi connectivity index (χ4n) is 10.2. The second-order valence-corrected chi connectivity index (χ2v) is 17.0. The number of carbonyl (C=O) groups is 4. The monoisotopic (exact) mass is 898 g/mol. The lowest BCUT2D eigenvalue weighted by Gasteiger charge is -2.50. The van der Waals surface area contributed by atoms with Crippen molar-refractivity contribution in [3.8, 4) is 23.0 Å². The highest BCUT2D eigenvalue weighted by Gasteiger charge is 2.70. The summed E-state index contributed by atoms with van der Waals surface area (Å²) in [6.45, 7) is 0. The van der Waals surface area contributed by atoms with Crippen molar-refractivity contribution in [1.82, 2.24) is 0 Å². The fraction of sp³-hybridized carbons (Fsp3) is 0.224. The number of halogens is 2. The molecule has 4 aliphatic rings. The highest BCUT2D eigenvalue weighted by molar-refractivity contribution is 9.10. The molecular formula is C49H40BrClN2O8. The number of fused-ring (bicyclic) bond motifs is 4. The second kappa shape index (κ2) is 15.7. The van der Waals surface area contributed by atoms with E-state index >= 15 is 9.59 Å². The number of phenolic OH excluding ortho intramolecular Hbond substituents is 1. The summed E-state index contributed by atoms with van der Waals surface area (Å²) in [6, 6.07) is 32.1. The largest absolute Gasteiger partial charge is 0.503 e. The van der Waals surface area contributed by atoms with E-state index in [-0.39, 0.29) is 36.2 Å². The third-order valence-electron chi connectivity index (χ3n) is 12.8. The number of rotatable bonds is 9. The van der Waals surface area contributed by atoms with Crippen molar-refractivity contribution in [2.45, 2.75) is 24.2 Å². The Morgan fingerprint density at radius 3 is 2.20 bits per heavy atom. The van der Waals surface area contributed by atoms with Gasteiger partial charge in [0.15, 0.2) is 11.5 Å². The molecule has 0 spiro atoms. The van der Waals surface area contributed by atoms with Gasteiger partial charge in [-0.3, -0.25) is 24.1 Å². The van der Waals surface area contributed by atoms with E-state index in [1.807, 2.05) is 78.9 Å². The minimum Gasteiger partial charge on any atom is -0.503 e. The number of hydrogen-bond donors (Lipinski definition) is 1. The van der Waals surface area contributed by atoms with Crippen LogP contribution < -0.4 is 24.0 Å². The van der Waals surface area contributed by atoms with Gasteiger partial charge >= 0.3 is 0 Å². The number of amides is 4. The number of benzene rings is 5. The lowest BCUT2D eigenvalue weighted by molar-refractivity contribution is -0.127. The van der Waals surface area contributed by atoms with Crippen molar-refractivity contribution in [2.24, 2.45) is 23.7 Å². The molecule has 3 fully saturated rings. The van der Waals surface area contributed by atoms with E-state index in [0.29, 0.717) is 43.5 Å². The third-order valence-corrected chi connectivity index (χ3v) is 13.7. The standard InChI is InChI=1S/C49H40BrClN2O8/c1-59-34-18-21-40(60-2)28(22-34)15-12-27-13-16-32(17-14-27)52-45(55)36-20-19-35-37(42(36)47(52)57)26-38-46(56)53(33-11-7-10-31(51)25-33)48(58)49(38,30-8-5-4-6-9-30)43(35)29-23-39(50)44(54)41(24-29)61-3/h4-19,21-25,36-38,42-43,54H,20,26H2,1-3H3/t36-,37+,38-,42-,43-,49+/m0/s1. The first kappa shape index (κ1) is 40.2. The van der Waals surface area contributed by atoms with E-state index in [1.54, 1.807) is 62.8 Å². The van der Waals surface area contributed by atoms with Crippen molar-refractivity contribution in [3.63, 3.8) is 0 Å². The fourth-order valence-corrected chi connectivity index (χ4v) is 10.8. The molecule has 1 saturated carbocycles. The molecule has 12 heteroatoms. The Kier molecular flexibility index (Phi) is 10.4. The number of nitrogens with zero attached hydrogens (tertiary/aromatic N) is 2. The molecule has 5 aromatic rings. The number of hydrogen-bond acceptors (Lipinski definition) is 8. The first-order chi connectivity index (χ1) is 29.5. The van der Waals surface area contributed by atoms with E-state index in [9.17, 15) is 14.7 Å². The molecule has 2 saturated heterocycles. The van der Waals surface area contributed by atoms with Gasteiger partial charge in [0.25, 0.3) is 0 Å². The summed E-state index contributed by atoms with van der Waals surface area (Å²) in [6.07, 6.45) is 6.21. The van der Waals surface area contributed by atoms with Gasteiger partial charge in [0, 0.05) is 16.5 Å². The maximum absolute atomic E-state index is 15.5. The van der Waals surface area contributed by atoms with Crippen LogP contribution in [0.15, 0.2) is 125 Å². The van der Waals surface area contributed by atoms with E-state index in [4.69, 9.17) is 25.8 Å². The molecule has 6 atom stereocenters. The Labute approximate surface area is 366 Å². The molecule has 1 N–H and O–H groups in total. The van der Waals surface area contributed by atoms with Gasteiger partial charge in [-0.2, -0.15) is 0 Å². The molecule has 10 nitrogen and oxygen atoms in total. The topological polar surface area (TPSA) is 123 Å². The van der Waals surface area contributed by atoms with Crippen molar-refractivity contribution in [2.75, 3.05) is 31.1 Å². The molecule has 0 bridgehead atoms. The van der Waals surface area contributed by atoms with Crippen molar-refractivity contribution >= 4 is 74.7 Å². The second-order valence-electron chi connectivity index (χ2n) is 15.7. The molecule has 308 valence electrons. The van der Waals surface area contributed by atoms with E-state index in [1.165, 1.54) is 16.9 Å². The third kappa shape index (κ3) is 6.36. The maximum atomic E-state index is 15.5. The van der Waals surface area contributed by atoms with Crippen LogP contribution in [0.2, 0.25) is 5.02 Å². The van der Waals surface area contributed by atoms with Gasteiger partial charge in [-0.1, -0.05) is 83.9 Å². The predicted molar refractivity (Wildman–Crippen MR) is 236 cm³/mol. The highest BCUT2D eigenvalue weighted by Crippen LogP contribution is 2.65. The summed E-state index contributed by atoms with van der Waals surface area (Å²) >= 11 is 9.96. The van der Waals surface area contributed by atoms with Crippen LogP contribution in [0.25, 0.3) is 12.2 Å². The van der Waals surface area contributed by atoms with Crippen LogP contribution in [0.3, 0.4) is 0 Å². The van der Waals surface area contributed by atoms with Gasteiger partial charge in [0.2, 0.25) is 23.6 Å². The van der Waals surface area contributed by atoms with Gasteiger partial charge < -0.3 is 19.3 Å². The number of allylic oxidation sites excluding steroid dienone is 2. The zero-order valence-electron chi connectivity index (χ0n) is 33.4. The van der Waals surface area contributed by atoms with Gasteiger partial charge in [0.05, 0.1) is 60.3 Å². The van der Waals surface area contributed by atoms with Crippen LogP contribution in [0.1, 0.15) is 41.0 Å². The van der Waals surface area contributed by atoms with Crippen molar-refractivity contribution in [3.05, 3.63) is 153 Å². The Bertz CT molecular complexity index is 2680. The Balaban J connectivity index is 1.14. The van der Waals surface area contributed by atoms with Gasteiger partial charge in [-0.15, -0.1) is 0 Å². The van der Waals surface area contributed by atoms with Crippen molar-refractivity contribution < 1.29 is 38.5 Å². The van der Waals surface area contributed by atoms with Crippen LogP contribution in [-0.4, -0.2) is 50.1 Å². The van der Waals surface area contributed by atoms with E-state index in [2.05, 4.69) is 15.9 Å². The predicted octanol–water partition coefficient (Wildman–Crippen LogP) is 9.37. The van der Waals surface area contributed by atoms with Crippen LogP contribution in [-0.2, 0) is 24.6 Å². The SMILES string of the molecule is COc1ccc(OC)c(C=Cc2ccc(N3C(=O)[C@H]4[C@H](CC=C5[C@H]4C[C@H]4C(=O)N(c6cccc(Cl)c6)C(=O)[C@@]4(c4ccccc4)[C@H]5c4cc(Br)c(O)c(OC)c4)C3=O)cc2)c1. The number of phenols is 1. The molecule has 61 heavy (non-hydrogen) atoms. The van der Waals surface area contributed by atoms with Crippen LogP contribution in [0.4, 0.5) is 11.4 Å². The lowest BCUT2D eigenvalue weighted by atomic mass is 9.49. The van der Waals surface area contributed by atoms with Crippen molar-refractivity contribution in [1.29, 1.82) is 0 Å². The van der Waals surface area contributed by atoms with Crippen LogP contribution in [0.5, 0.6) is 23.0 Å². The quantitative estimate of drug-likeness (QED) is 0.0883. The molecule has 2 aliphatic heterocycles. The Morgan fingerprint density at radius 1 is 0.738 bits per heavy atom. The van der Waals surface area contributed by atoms with Gasteiger partial charge in [0.1, 0.15) is 11.5 Å². The summed E-state index contributed by atoms with van der Waals surface area (Å²) < 4.78 is 16.9. The summed E-state index contributed by atoms with van der Waals surface area (Å²) in [5.74, 6) is -3.91. The van der Waals surface area contributed by atoms with Crippen LogP contribution >= 0.6 is 27.5 Å². The molecule has 0 unspecified atom stereocenters. The normalized spacial score (nSPS) is 24.4. The first-order valence-corrected chi connectivity index (χ1v) is 21.0. The van der Waals surface area contributed by atoms with Crippen LogP contribution in [0, 0.1) is 23.7 Å². The Hall–Kier alpha value is -6.17. The number of imide groups is 2. The molecule has 4 amide bonds. The van der Waals surface area contributed by atoms with Gasteiger partial charge in [-0.05, 0) is 112 Å². The Morgan fingerprint density at radius 2 is 1.49 bits per heavy atom. The lowest BCUT2D eigenvalue weighted by Crippen LogP contribution is -2.53. The summed E-state index contributed by atoms with van der Waals surface area (Å²) in [5.41, 5.74) is 2.97. The average molecular weight is 900 g/mol. The zero-order chi connectivity index (χ0) is 42.7. The van der Waals surface area contributed by atoms with E-state index in [0.717, 1.165) is 16.7 Å². The minimum absolute atomic E-state index is 0.121. The molecule has 5 aromatic carbocycles. The smallest absolute Gasteiger partial charge is 0.246 e. The molecule has 0 radical (unpaired) electrons. The first-order valence-electron chi connectivity index (χ1n) is 19.9. The number of carbonyl (C=O) groups excluding carboxylic acids is 4. The number of anilines is 2. The highest BCUT2D eigenvalue weighted by atomic mass is 79.9. The number of ether oxygens (including phenoxy) is 3. The van der Waals surface area contributed by atoms with Gasteiger partial charge in [-0.25, -0.2) is 4.90 Å². The molecule has 2 heterocycles. The number of methoxy groups -OCH3 is 3.